The smallest absolute Gasteiger partial charge is 0.435 e. The number of fused-ring (bicyclic) bond motifs is 1. The highest BCUT2D eigenvalue weighted by molar-refractivity contribution is 7.17. The zero-order valence-corrected chi connectivity index (χ0v) is 14.7. The van der Waals surface area contributed by atoms with Crippen LogP contribution in [-0.4, -0.2) is 24.0 Å². The first-order chi connectivity index (χ1) is 12.9. The number of benzene rings is 2. The number of alkyl halides is 3. The number of carbonyl (C=O) groups excluding carboxylic acids is 1. The van der Waals surface area contributed by atoms with E-state index in [1.165, 1.54) is 4.90 Å². The summed E-state index contributed by atoms with van der Waals surface area (Å²) in [5, 5.41) is 0.160. The van der Waals surface area contributed by atoms with Crippen LogP contribution in [0.15, 0.2) is 54.6 Å². The molecule has 0 atom stereocenters. The molecule has 1 aliphatic rings. The van der Waals surface area contributed by atoms with E-state index < -0.39 is 22.7 Å². The molecular formula is C19H13F3N2O2S. The average molecular weight is 390 g/mol. The third-order valence-corrected chi connectivity index (χ3v) is 5.18. The summed E-state index contributed by atoms with van der Waals surface area (Å²) < 4.78 is 46.1. The molecule has 0 unspecified atom stereocenters. The van der Waals surface area contributed by atoms with Crippen molar-refractivity contribution in [1.29, 1.82) is 0 Å². The molecule has 0 saturated heterocycles. The molecule has 0 spiro atoms. The zero-order valence-electron chi connectivity index (χ0n) is 13.9. The number of thiazole rings is 1. The van der Waals surface area contributed by atoms with Gasteiger partial charge in [0.25, 0.3) is 5.91 Å². The van der Waals surface area contributed by atoms with Gasteiger partial charge in [0.2, 0.25) is 0 Å². The Balaban J connectivity index is 1.79. The Labute approximate surface area is 156 Å². The summed E-state index contributed by atoms with van der Waals surface area (Å²) in [7, 11) is 0. The number of ether oxygens (including phenoxy) is 1. The van der Waals surface area contributed by atoms with Gasteiger partial charge >= 0.3 is 6.18 Å². The number of rotatable bonds is 2. The van der Waals surface area contributed by atoms with E-state index in [0.717, 1.165) is 11.3 Å². The van der Waals surface area contributed by atoms with E-state index in [9.17, 15) is 18.0 Å². The molecule has 2 aromatic carbocycles. The van der Waals surface area contributed by atoms with Gasteiger partial charge in [0.15, 0.2) is 5.69 Å². The van der Waals surface area contributed by atoms with Gasteiger partial charge in [-0.3, -0.25) is 4.79 Å². The van der Waals surface area contributed by atoms with E-state index in [-0.39, 0.29) is 18.2 Å². The summed E-state index contributed by atoms with van der Waals surface area (Å²) in [5.41, 5.74) is -0.161. The van der Waals surface area contributed by atoms with E-state index in [1.807, 2.05) is 0 Å². The molecule has 2 heterocycles. The van der Waals surface area contributed by atoms with Crippen LogP contribution in [0.25, 0.3) is 10.6 Å². The summed E-state index contributed by atoms with van der Waals surface area (Å²) in [4.78, 5) is 17.7. The van der Waals surface area contributed by atoms with Crippen molar-refractivity contribution in [3.63, 3.8) is 0 Å². The van der Waals surface area contributed by atoms with Crippen LogP contribution in [-0.2, 0) is 6.18 Å². The van der Waals surface area contributed by atoms with Crippen LogP contribution in [0.2, 0.25) is 0 Å². The third kappa shape index (κ3) is 3.28. The van der Waals surface area contributed by atoms with Gasteiger partial charge in [-0.25, -0.2) is 4.98 Å². The zero-order chi connectivity index (χ0) is 19.0. The number of amides is 1. The summed E-state index contributed by atoms with van der Waals surface area (Å²) in [6, 6.07) is 15.3. The minimum atomic E-state index is -4.72. The van der Waals surface area contributed by atoms with Crippen LogP contribution >= 0.6 is 11.3 Å². The van der Waals surface area contributed by atoms with E-state index in [4.69, 9.17) is 4.74 Å². The van der Waals surface area contributed by atoms with Crippen molar-refractivity contribution in [3.05, 3.63) is 65.2 Å². The number of hydrogen-bond acceptors (Lipinski definition) is 4. The van der Waals surface area contributed by atoms with Crippen molar-refractivity contribution in [2.75, 3.05) is 18.1 Å². The number of para-hydroxylation sites is 2. The monoisotopic (exact) mass is 390 g/mol. The Hall–Kier alpha value is -2.87. The molecule has 1 amide bonds. The van der Waals surface area contributed by atoms with Crippen molar-refractivity contribution in [1.82, 2.24) is 4.98 Å². The van der Waals surface area contributed by atoms with Crippen LogP contribution in [0.1, 0.15) is 15.4 Å². The van der Waals surface area contributed by atoms with E-state index >= 15 is 0 Å². The van der Waals surface area contributed by atoms with Crippen LogP contribution < -0.4 is 9.64 Å². The summed E-state index contributed by atoms with van der Waals surface area (Å²) in [6.45, 7) is 0.389. The Morgan fingerprint density at radius 2 is 1.78 bits per heavy atom. The maximum absolute atomic E-state index is 13.5. The van der Waals surface area contributed by atoms with Gasteiger partial charge in [-0.1, -0.05) is 42.5 Å². The number of hydrogen-bond donors (Lipinski definition) is 0. The fourth-order valence-electron chi connectivity index (χ4n) is 2.86. The molecule has 1 aromatic heterocycles. The fraction of sp³-hybridized carbons (Fsp3) is 0.158. The fourth-order valence-corrected chi connectivity index (χ4v) is 3.90. The highest BCUT2D eigenvalue weighted by Gasteiger charge is 2.41. The predicted octanol–water partition coefficient (Wildman–Crippen LogP) is 4.87. The van der Waals surface area contributed by atoms with Gasteiger partial charge in [0.05, 0.1) is 12.2 Å². The second-order valence-corrected chi connectivity index (χ2v) is 6.83. The highest BCUT2D eigenvalue weighted by atomic mass is 32.1. The molecule has 4 rings (SSSR count). The molecule has 3 aromatic rings. The maximum atomic E-state index is 13.5. The number of nitrogens with zero attached hydrogens (tertiary/aromatic N) is 2. The van der Waals surface area contributed by atoms with Crippen molar-refractivity contribution in [2.24, 2.45) is 0 Å². The second kappa shape index (κ2) is 6.70. The Morgan fingerprint density at radius 3 is 2.52 bits per heavy atom. The van der Waals surface area contributed by atoms with Gasteiger partial charge in [-0.05, 0) is 12.1 Å². The van der Waals surface area contributed by atoms with Crippen molar-refractivity contribution in [2.45, 2.75) is 6.18 Å². The van der Waals surface area contributed by atoms with Crippen LogP contribution in [0, 0.1) is 0 Å². The SMILES string of the molecule is O=C(c1sc(-c2ccccc2)nc1C(F)(F)F)N1CCOc2ccccc21. The largest absolute Gasteiger partial charge is 0.490 e. The molecule has 8 heteroatoms. The number of aromatic nitrogens is 1. The number of anilines is 1. The summed E-state index contributed by atoms with van der Waals surface area (Å²) in [6.07, 6.45) is -4.72. The van der Waals surface area contributed by atoms with E-state index in [1.54, 1.807) is 54.6 Å². The number of halogens is 3. The molecule has 0 fully saturated rings. The molecule has 0 N–H and O–H groups in total. The first-order valence-electron chi connectivity index (χ1n) is 8.12. The normalized spacial score (nSPS) is 13.8. The number of carbonyl (C=O) groups is 1. The van der Waals surface area contributed by atoms with E-state index in [0.29, 0.717) is 17.0 Å². The van der Waals surface area contributed by atoms with Crippen LogP contribution in [0.3, 0.4) is 0 Å². The molecule has 27 heavy (non-hydrogen) atoms. The van der Waals surface area contributed by atoms with Gasteiger partial charge in [0.1, 0.15) is 22.2 Å². The molecule has 0 radical (unpaired) electrons. The van der Waals surface area contributed by atoms with Crippen molar-refractivity contribution >= 4 is 22.9 Å². The summed E-state index contributed by atoms with van der Waals surface area (Å²) >= 11 is 0.753. The third-order valence-electron chi connectivity index (χ3n) is 4.08. The van der Waals surface area contributed by atoms with Gasteiger partial charge in [-0.15, -0.1) is 11.3 Å². The first-order valence-corrected chi connectivity index (χ1v) is 8.94. The Morgan fingerprint density at radius 1 is 1.07 bits per heavy atom. The highest BCUT2D eigenvalue weighted by Crippen LogP contribution is 2.40. The van der Waals surface area contributed by atoms with Crippen LogP contribution in [0.5, 0.6) is 5.75 Å². The molecule has 4 nitrogen and oxygen atoms in total. The summed E-state index contributed by atoms with van der Waals surface area (Å²) in [5.74, 6) is -0.254. The molecular weight excluding hydrogens is 377 g/mol. The topological polar surface area (TPSA) is 42.4 Å². The lowest BCUT2D eigenvalue weighted by molar-refractivity contribution is -0.141. The molecule has 0 saturated carbocycles. The first kappa shape index (κ1) is 17.5. The van der Waals surface area contributed by atoms with Crippen molar-refractivity contribution < 1.29 is 22.7 Å². The lowest BCUT2D eigenvalue weighted by Crippen LogP contribution is -2.38. The minimum absolute atomic E-state index is 0.160. The van der Waals surface area contributed by atoms with Gasteiger partial charge < -0.3 is 9.64 Å². The molecule has 138 valence electrons. The van der Waals surface area contributed by atoms with Gasteiger partial charge in [0, 0.05) is 5.56 Å². The predicted molar refractivity (Wildman–Crippen MR) is 96.2 cm³/mol. The molecule has 0 bridgehead atoms. The van der Waals surface area contributed by atoms with Crippen molar-refractivity contribution in [3.8, 4) is 16.3 Å². The Kier molecular flexibility index (Phi) is 4.35. The average Bonchev–Trinajstić information content (AvgIpc) is 3.14. The standard InChI is InChI=1S/C19H13F3N2O2S/c20-19(21,22)16-15(27-17(23-16)12-6-2-1-3-7-12)18(25)24-10-11-26-14-9-5-4-8-13(14)24/h1-9H,10-11H2. The lowest BCUT2D eigenvalue weighted by Gasteiger charge is -2.29. The minimum Gasteiger partial charge on any atom is -0.490 e. The Bertz CT molecular complexity index is 986. The molecule has 1 aliphatic heterocycles. The molecule has 0 aliphatic carbocycles. The maximum Gasteiger partial charge on any atom is 0.435 e. The van der Waals surface area contributed by atoms with E-state index in [2.05, 4.69) is 4.98 Å². The quantitative estimate of drug-likeness (QED) is 0.627. The van der Waals surface area contributed by atoms with Gasteiger partial charge in [-0.2, -0.15) is 13.2 Å². The second-order valence-electron chi connectivity index (χ2n) is 5.83. The lowest BCUT2D eigenvalue weighted by atomic mass is 10.2. The van der Waals surface area contributed by atoms with Crippen LogP contribution in [0.4, 0.5) is 18.9 Å².